The van der Waals surface area contributed by atoms with Gasteiger partial charge in [0.1, 0.15) is 16.9 Å². The first-order valence-corrected chi connectivity index (χ1v) is 14.1. The Hall–Kier alpha value is -4.39. The van der Waals surface area contributed by atoms with E-state index in [1.807, 2.05) is 18.2 Å². The van der Waals surface area contributed by atoms with Crippen molar-refractivity contribution in [2.24, 2.45) is 0 Å². The van der Waals surface area contributed by atoms with E-state index >= 15 is 0 Å². The third kappa shape index (κ3) is 3.54. The molecule has 41 heavy (non-hydrogen) atoms. The Morgan fingerprint density at radius 2 is 1.29 bits per heavy atom. The van der Waals surface area contributed by atoms with Gasteiger partial charge in [-0.3, -0.25) is 4.57 Å². The van der Waals surface area contributed by atoms with E-state index in [-0.39, 0.29) is 0 Å². The van der Waals surface area contributed by atoms with Gasteiger partial charge in [0.25, 0.3) is 0 Å². The second-order valence-corrected chi connectivity index (χ2v) is 11.9. The summed E-state index contributed by atoms with van der Waals surface area (Å²) in [6.45, 7) is 8.30. The van der Waals surface area contributed by atoms with Crippen LogP contribution in [-0.4, -0.2) is 27.9 Å². The lowest BCUT2D eigenvalue weighted by molar-refractivity contribution is 0.00578. The fraction of sp³-hybridized carbons (Fsp3) is 0.171. The number of para-hydroxylation sites is 3. The third-order valence-corrected chi connectivity index (χ3v) is 8.85. The monoisotopic (exact) mass is 536 g/mol. The molecule has 0 aliphatic carbocycles. The molecule has 4 heterocycles. The molecule has 0 saturated carbocycles. The molecule has 5 nitrogen and oxygen atoms in total. The first kappa shape index (κ1) is 24.4. The zero-order valence-electron chi connectivity index (χ0n) is 23.5. The number of hydrogen-bond donors (Lipinski definition) is 0. The molecule has 1 aliphatic heterocycles. The standard InChI is InChI=1S/C35H29BN2O3/c1-34(2)35(3,4)41-36(40-34)23-20-18-22(19-21-23)31-32-29(26-15-9-11-17-28(26)39-32)30-25-14-8-10-16-27(25)38(33(30)37-31)24-12-6-5-7-13-24/h5-21H,1-4H3. The molecule has 0 N–H and O–H groups in total. The molecule has 0 radical (unpaired) electrons. The minimum atomic E-state index is -0.420. The summed E-state index contributed by atoms with van der Waals surface area (Å²) in [5, 5.41) is 4.42. The highest BCUT2D eigenvalue weighted by Crippen LogP contribution is 2.43. The van der Waals surface area contributed by atoms with Gasteiger partial charge in [-0.15, -0.1) is 0 Å². The van der Waals surface area contributed by atoms with Crippen molar-refractivity contribution in [3.8, 4) is 16.9 Å². The number of fused-ring (bicyclic) bond motifs is 7. The fourth-order valence-electron chi connectivity index (χ4n) is 6.01. The van der Waals surface area contributed by atoms with Crippen LogP contribution in [0.1, 0.15) is 27.7 Å². The van der Waals surface area contributed by atoms with Gasteiger partial charge < -0.3 is 13.7 Å². The Balaban J connectivity index is 1.40. The van der Waals surface area contributed by atoms with Gasteiger partial charge in [-0.2, -0.15) is 0 Å². The molecule has 0 amide bonds. The molecular weight excluding hydrogens is 507 g/mol. The summed E-state index contributed by atoms with van der Waals surface area (Å²) in [6.07, 6.45) is 0. The minimum Gasteiger partial charge on any atom is -0.454 e. The molecular formula is C35H29BN2O3. The SMILES string of the molecule is CC1(C)OB(c2ccc(-c3nc4c(c5ccccc5n4-c4ccccc4)c4c3oc3ccccc34)cc2)OC1(C)C. The van der Waals surface area contributed by atoms with E-state index < -0.39 is 18.3 Å². The molecule has 1 aliphatic rings. The summed E-state index contributed by atoms with van der Waals surface area (Å²) in [5.41, 5.74) is 6.70. The Morgan fingerprint density at radius 3 is 2.02 bits per heavy atom. The van der Waals surface area contributed by atoms with E-state index in [0.29, 0.717) is 0 Å². The van der Waals surface area contributed by atoms with Crippen molar-refractivity contribution < 1.29 is 13.7 Å². The van der Waals surface area contributed by atoms with E-state index in [0.717, 1.165) is 66.3 Å². The van der Waals surface area contributed by atoms with Crippen molar-refractivity contribution in [2.45, 2.75) is 38.9 Å². The van der Waals surface area contributed by atoms with Crippen LogP contribution in [0.2, 0.25) is 0 Å². The highest BCUT2D eigenvalue weighted by molar-refractivity contribution is 6.62. The lowest BCUT2D eigenvalue weighted by Gasteiger charge is -2.32. The summed E-state index contributed by atoms with van der Waals surface area (Å²) >= 11 is 0. The van der Waals surface area contributed by atoms with Gasteiger partial charge in [0.05, 0.1) is 16.7 Å². The molecule has 1 saturated heterocycles. The second kappa shape index (κ2) is 8.56. The molecule has 0 spiro atoms. The molecule has 7 aromatic rings. The maximum Gasteiger partial charge on any atom is 0.494 e. The zero-order valence-corrected chi connectivity index (χ0v) is 23.5. The average Bonchev–Trinajstić information content (AvgIpc) is 3.59. The van der Waals surface area contributed by atoms with Crippen LogP contribution in [0.3, 0.4) is 0 Å². The number of benzene rings is 4. The zero-order chi connectivity index (χ0) is 27.9. The molecule has 0 bridgehead atoms. The van der Waals surface area contributed by atoms with Crippen molar-refractivity contribution >= 4 is 56.5 Å². The molecule has 3 aromatic heterocycles. The molecule has 6 heteroatoms. The lowest BCUT2D eigenvalue weighted by atomic mass is 9.78. The number of pyridine rings is 1. The van der Waals surface area contributed by atoms with Gasteiger partial charge in [-0.25, -0.2) is 4.98 Å². The summed E-state index contributed by atoms with van der Waals surface area (Å²) in [6, 6.07) is 35.5. The summed E-state index contributed by atoms with van der Waals surface area (Å²) in [7, 11) is -0.420. The van der Waals surface area contributed by atoms with E-state index in [4.69, 9.17) is 18.7 Å². The predicted octanol–water partition coefficient (Wildman–Crippen LogP) is 8.04. The fourth-order valence-corrected chi connectivity index (χ4v) is 6.01. The normalized spacial score (nSPS) is 16.4. The maximum absolute atomic E-state index is 6.57. The first-order valence-electron chi connectivity index (χ1n) is 14.1. The van der Waals surface area contributed by atoms with Gasteiger partial charge in [0.2, 0.25) is 0 Å². The number of nitrogens with zero attached hydrogens (tertiary/aromatic N) is 2. The Morgan fingerprint density at radius 1 is 0.659 bits per heavy atom. The molecule has 8 rings (SSSR count). The van der Waals surface area contributed by atoms with Crippen LogP contribution in [0.25, 0.3) is 60.8 Å². The highest BCUT2D eigenvalue weighted by Gasteiger charge is 2.51. The van der Waals surface area contributed by atoms with E-state index in [9.17, 15) is 0 Å². The van der Waals surface area contributed by atoms with E-state index in [1.165, 1.54) is 0 Å². The quantitative estimate of drug-likeness (QED) is 0.215. The summed E-state index contributed by atoms with van der Waals surface area (Å²) in [5.74, 6) is 0. The van der Waals surface area contributed by atoms with Crippen molar-refractivity contribution in [3.63, 3.8) is 0 Å². The van der Waals surface area contributed by atoms with Crippen molar-refractivity contribution in [2.75, 3.05) is 0 Å². The van der Waals surface area contributed by atoms with Crippen molar-refractivity contribution in [1.82, 2.24) is 9.55 Å². The Bertz CT molecular complexity index is 2090. The van der Waals surface area contributed by atoms with Crippen molar-refractivity contribution in [3.05, 3.63) is 103 Å². The molecule has 200 valence electrons. The molecule has 0 atom stereocenters. The number of rotatable bonds is 3. The molecule has 0 unspecified atom stereocenters. The highest BCUT2D eigenvalue weighted by atomic mass is 16.7. The Labute approximate surface area is 238 Å². The number of hydrogen-bond acceptors (Lipinski definition) is 4. The minimum absolute atomic E-state index is 0.395. The summed E-state index contributed by atoms with van der Waals surface area (Å²) in [4.78, 5) is 5.36. The molecule has 1 fully saturated rings. The van der Waals surface area contributed by atoms with Crippen LogP contribution in [0, 0.1) is 0 Å². The van der Waals surface area contributed by atoms with Crippen LogP contribution < -0.4 is 5.46 Å². The van der Waals surface area contributed by atoms with E-state index in [1.54, 1.807) is 0 Å². The van der Waals surface area contributed by atoms with Crippen LogP contribution in [0.15, 0.2) is 108 Å². The van der Waals surface area contributed by atoms with Crippen LogP contribution >= 0.6 is 0 Å². The average molecular weight is 536 g/mol. The van der Waals surface area contributed by atoms with Crippen LogP contribution in [0.5, 0.6) is 0 Å². The van der Waals surface area contributed by atoms with E-state index in [2.05, 4.69) is 117 Å². The largest absolute Gasteiger partial charge is 0.494 e. The lowest BCUT2D eigenvalue weighted by Crippen LogP contribution is -2.41. The maximum atomic E-state index is 6.57. The van der Waals surface area contributed by atoms with Crippen molar-refractivity contribution in [1.29, 1.82) is 0 Å². The van der Waals surface area contributed by atoms with Gasteiger partial charge in [0.15, 0.2) is 5.58 Å². The first-order chi connectivity index (χ1) is 19.8. The predicted molar refractivity (Wildman–Crippen MR) is 167 cm³/mol. The topological polar surface area (TPSA) is 49.4 Å². The third-order valence-electron chi connectivity index (χ3n) is 8.85. The van der Waals surface area contributed by atoms with Gasteiger partial charge in [-0.05, 0) is 57.4 Å². The van der Waals surface area contributed by atoms with Crippen LogP contribution in [-0.2, 0) is 9.31 Å². The molecule has 4 aromatic carbocycles. The summed E-state index contributed by atoms with van der Waals surface area (Å²) < 4.78 is 21.4. The van der Waals surface area contributed by atoms with Gasteiger partial charge in [-0.1, -0.05) is 78.9 Å². The number of aromatic nitrogens is 2. The Kier molecular flexibility index (Phi) is 5.10. The van der Waals surface area contributed by atoms with Crippen LogP contribution in [0.4, 0.5) is 0 Å². The van der Waals surface area contributed by atoms with Gasteiger partial charge in [0, 0.05) is 32.8 Å². The smallest absolute Gasteiger partial charge is 0.454 e. The number of furan rings is 1. The second-order valence-electron chi connectivity index (χ2n) is 11.9. The van der Waals surface area contributed by atoms with Gasteiger partial charge >= 0.3 is 7.12 Å².